The fourth-order valence-electron chi connectivity index (χ4n) is 3.06. The summed E-state index contributed by atoms with van der Waals surface area (Å²) in [5.74, 6) is 0.358. The highest BCUT2D eigenvalue weighted by atomic mass is 32.1. The minimum atomic E-state index is -0.0777. The van der Waals surface area contributed by atoms with E-state index >= 15 is 0 Å². The summed E-state index contributed by atoms with van der Waals surface area (Å²) in [6.45, 7) is 5.19. The van der Waals surface area contributed by atoms with Crippen LogP contribution in [-0.2, 0) is 4.74 Å². The van der Waals surface area contributed by atoms with Crippen LogP contribution in [0.15, 0.2) is 30.5 Å². The molecule has 0 spiro atoms. The molecule has 3 aromatic heterocycles. The smallest absolute Gasteiger partial charge is 0.274 e. The SMILES string of the molecule is COC1CN(C(=O)c2nc(NC(C)c3ccccn3)nc3cc(C)sc23)C1. The fourth-order valence-corrected chi connectivity index (χ4v) is 3.99. The normalized spacial score (nSPS) is 15.6. The molecule has 0 bridgehead atoms. The van der Waals surface area contributed by atoms with Gasteiger partial charge in [0.15, 0.2) is 5.69 Å². The number of amides is 1. The number of likely N-dealkylation sites (tertiary alicyclic amines) is 1. The van der Waals surface area contributed by atoms with Gasteiger partial charge in [0.1, 0.15) is 0 Å². The van der Waals surface area contributed by atoms with E-state index in [1.807, 2.05) is 38.1 Å². The first-order valence-electron chi connectivity index (χ1n) is 8.83. The molecule has 8 heteroatoms. The number of nitrogens with one attached hydrogen (secondary N) is 1. The molecule has 7 nitrogen and oxygen atoms in total. The molecule has 1 atom stereocenters. The number of rotatable bonds is 5. The molecule has 1 amide bonds. The monoisotopic (exact) mass is 383 g/mol. The van der Waals surface area contributed by atoms with Crippen molar-refractivity contribution in [3.63, 3.8) is 0 Å². The van der Waals surface area contributed by atoms with E-state index in [1.54, 1.807) is 29.5 Å². The summed E-state index contributed by atoms with van der Waals surface area (Å²) < 4.78 is 6.10. The number of pyridine rings is 1. The maximum Gasteiger partial charge on any atom is 0.274 e. The molecular formula is C19H21N5O2S. The standard InChI is InChI=1S/C19H21N5O2S/c1-11-8-15-17(27-11)16(18(25)24-9-13(10-24)26-3)23-19(22-15)21-12(2)14-6-4-5-7-20-14/h4-8,12-13H,9-10H2,1-3H3,(H,21,22,23). The van der Waals surface area contributed by atoms with Gasteiger partial charge in [-0.25, -0.2) is 9.97 Å². The number of carbonyl (C=O) groups is 1. The number of anilines is 1. The van der Waals surface area contributed by atoms with E-state index in [0.717, 1.165) is 20.8 Å². The predicted molar refractivity (Wildman–Crippen MR) is 105 cm³/mol. The summed E-state index contributed by atoms with van der Waals surface area (Å²) >= 11 is 1.55. The second-order valence-corrected chi connectivity index (χ2v) is 7.91. The highest BCUT2D eigenvalue weighted by molar-refractivity contribution is 7.19. The quantitative estimate of drug-likeness (QED) is 0.729. The molecule has 0 radical (unpaired) electrons. The number of hydrogen-bond donors (Lipinski definition) is 1. The first-order valence-corrected chi connectivity index (χ1v) is 9.64. The van der Waals surface area contributed by atoms with Crippen molar-refractivity contribution in [2.75, 3.05) is 25.5 Å². The molecule has 140 valence electrons. The van der Waals surface area contributed by atoms with Crippen LogP contribution in [0.4, 0.5) is 5.95 Å². The molecule has 3 aromatic rings. The maximum atomic E-state index is 13.0. The minimum absolute atomic E-state index is 0.0757. The molecular weight excluding hydrogens is 362 g/mol. The number of carbonyl (C=O) groups excluding carboxylic acids is 1. The van der Waals surface area contributed by atoms with E-state index in [0.29, 0.717) is 24.7 Å². The molecule has 0 saturated carbocycles. The van der Waals surface area contributed by atoms with Gasteiger partial charge in [0, 0.05) is 31.3 Å². The van der Waals surface area contributed by atoms with Gasteiger partial charge < -0.3 is 15.0 Å². The van der Waals surface area contributed by atoms with Crippen molar-refractivity contribution in [1.29, 1.82) is 0 Å². The summed E-state index contributed by atoms with van der Waals surface area (Å²) in [7, 11) is 1.67. The van der Waals surface area contributed by atoms with Crippen LogP contribution >= 0.6 is 11.3 Å². The highest BCUT2D eigenvalue weighted by Gasteiger charge is 2.33. The maximum absolute atomic E-state index is 13.0. The third-order valence-electron chi connectivity index (χ3n) is 4.64. The molecule has 4 rings (SSSR count). The van der Waals surface area contributed by atoms with Crippen LogP contribution in [0.1, 0.15) is 34.0 Å². The molecule has 0 aromatic carbocycles. The number of fused-ring (bicyclic) bond motifs is 1. The Hall–Kier alpha value is -2.58. The van der Waals surface area contributed by atoms with E-state index < -0.39 is 0 Å². The van der Waals surface area contributed by atoms with Gasteiger partial charge in [-0.2, -0.15) is 0 Å². The number of ether oxygens (including phenoxy) is 1. The summed E-state index contributed by atoms with van der Waals surface area (Å²) in [5.41, 5.74) is 2.13. The molecule has 4 heterocycles. The molecule has 1 aliphatic rings. The van der Waals surface area contributed by atoms with Gasteiger partial charge in [0.2, 0.25) is 5.95 Å². The molecule has 1 unspecified atom stereocenters. The Morgan fingerprint density at radius 3 is 2.89 bits per heavy atom. The van der Waals surface area contributed by atoms with Crippen molar-refractivity contribution >= 4 is 33.4 Å². The Balaban J connectivity index is 1.65. The molecule has 1 N–H and O–H groups in total. The van der Waals surface area contributed by atoms with Crippen molar-refractivity contribution in [3.05, 3.63) is 46.7 Å². The van der Waals surface area contributed by atoms with Gasteiger partial charge in [-0.05, 0) is 32.0 Å². The Labute approximate surface area is 161 Å². The largest absolute Gasteiger partial charge is 0.378 e. The molecule has 27 heavy (non-hydrogen) atoms. The van der Waals surface area contributed by atoms with Crippen molar-refractivity contribution < 1.29 is 9.53 Å². The zero-order valence-electron chi connectivity index (χ0n) is 15.5. The van der Waals surface area contributed by atoms with Gasteiger partial charge in [-0.15, -0.1) is 11.3 Å². The summed E-state index contributed by atoms with van der Waals surface area (Å²) in [5, 5.41) is 3.27. The Bertz CT molecular complexity index is 969. The van der Waals surface area contributed by atoms with Crippen LogP contribution in [0, 0.1) is 6.92 Å². The van der Waals surface area contributed by atoms with Crippen LogP contribution in [0.2, 0.25) is 0 Å². The van der Waals surface area contributed by atoms with Crippen LogP contribution in [0.3, 0.4) is 0 Å². The highest BCUT2D eigenvalue weighted by Crippen LogP contribution is 2.30. The molecule has 0 aliphatic carbocycles. The van der Waals surface area contributed by atoms with E-state index in [9.17, 15) is 4.79 Å². The van der Waals surface area contributed by atoms with Gasteiger partial charge in [0.05, 0.1) is 28.1 Å². The fraction of sp³-hybridized carbons (Fsp3) is 0.368. The molecule has 1 saturated heterocycles. The van der Waals surface area contributed by atoms with E-state index in [2.05, 4.69) is 20.3 Å². The Kier molecular flexibility index (Phi) is 4.75. The first kappa shape index (κ1) is 17.8. The summed E-state index contributed by atoms with van der Waals surface area (Å²) in [6.07, 6.45) is 1.86. The van der Waals surface area contributed by atoms with E-state index in [4.69, 9.17) is 4.74 Å². The van der Waals surface area contributed by atoms with Crippen LogP contribution in [-0.4, -0.2) is 52.1 Å². The van der Waals surface area contributed by atoms with Crippen molar-refractivity contribution in [2.45, 2.75) is 26.0 Å². The number of hydrogen-bond acceptors (Lipinski definition) is 7. The second-order valence-electron chi connectivity index (χ2n) is 6.66. The summed E-state index contributed by atoms with van der Waals surface area (Å²) in [6, 6.07) is 7.68. The van der Waals surface area contributed by atoms with Gasteiger partial charge >= 0.3 is 0 Å². The van der Waals surface area contributed by atoms with E-state index in [-0.39, 0.29) is 18.1 Å². The number of thiophene rings is 1. The number of aryl methyl sites for hydroxylation is 1. The topological polar surface area (TPSA) is 80.2 Å². The van der Waals surface area contributed by atoms with E-state index in [1.165, 1.54) is 0 Å². The number of nitrogens with zero attached hydrogens (tertiary/aromatic N) is 4. The third kappa shape index (κ3) is 3.50. The summed E-state index contributed by atoms with van der Waals surface area (Å²) in [4.78, 5) is 29.4. The Morgan fingerprint density at radius 1 is 1.37 bits per heavy atom. The first-order chi connectivity index (χ1) is 13.0. The lowest BCUT2D eigenvalue weighted by Crippen LogP contribution is -2.54. The second kappa shape index (κ2) is 7.21. The zero-order chi connectivity index (χ0) is 19.0. The predicted octanol–water partition coefficient (Wildman–Crippen LogP) is 3.04. The average Bonchev–Trinajstić information content (AvgIpc) is 3.00. The number of aromatic nitrogens is 3. The lowest BCUT2D eigenvalue weighted by Gasteiger charge is -2.37. The zero-order valence-corrected chi connectivity index (χ0v) is 16.3. The van der Waals surface area contributed by atoms with Crippen LogP contribution in [0.5, 0.6) is 0 Å². The van der Waals surface area contributed by atoms with Crippen molar-refractivity contribution in [2.24, 2.45) is 0 Å². The van der Waals surface area contributed by atoms with Crippen molar-refractivity contribution in [3.8, 4) is 0 Å². The average molecular weight is 383 g/mol. The van der Waals surface area contributed by atoms with Crippen LogP contribution in [0.25, 0.3) is 10.2 Å². The molecule has 1 aliphatic heterocycles. The van der Waals surface area contributed by atoms with Gasteiger partial charge in [-0.1, -0.05) is 6.07 Å². The minimum Gasteiger partial charge on any atom is -0.378 e. The third-order valence-corrected chi connectivity index (χ3v) is 5.69. The Morgan fingerprint density at radius 2 is 2.19 bits per heavy atom. The van der Waals surface area contributed by atoms with Gasteiger partial charge in [0.25, 0.3) is 5.91 Å². The lowest BCUT2D eigenvalue weighted by atomic mass is 10.1. The van der Waals surface area contributed by atoms with Crippen molar-refractivity contribution in [1.82, 2.24) is 19.9 Å². The van der Waals surface area contributed by atoms with Gasteiger partial charge in [-0.3, -0.25) is 9.78 Å². The molecule has 1 fully saturated rings. The van der Waals surface area contributed by atoms with Crippen LogP contribution < -0.4 is 5.32 Å². The lowest BCUT2D eigenvalue weighted by molar-refractivity contribution is -0.0193. The number of methoxy groups -OCH3 is 1.